The van der Waals surface area contributed by atoms with E-state index in [1.807, 2.05) is 41.9 Å². The Bertz CT molecular complexity index is 1170. The number of methoxy groups -OCH3 is 1. The van der Waals surface area contributed by atoms with Crippen molar-refractivity contribution in [2.24, 2.45) is 7.05 Å². The summed E-state index contributed by atoms with van der Waals surface area (Å²) in [5, 5.41) is 5.61. The van der Waals surface area contributed by atoms with Crippen LogP contribution in [0.3, 0.4) is 0 Å². The molecule has 3 aromatic rings. The maximum atomic E-state index is 13.4. The van der Waals surface area contributed by atoms with Crippen LogP contribution >= 0.6 is 0 Å². The number of benzene rings is 2. The van der Waals surface area contributed by atoms with Crippen molar-refractivity contribution in [1.29, 1.82) is 0 Å². The Morgan fingerprint density at radius 1 is 1.22 bits per heavy atom. The highest BCUT2D eigenvalue weighted by Crippen LogP contribution is 2.26. The van der Waals surface area contributed by atoms with Gasteiger partial charge in [-0.1, -0.05) is 30.3 Å². The molecule has 2 aromatic carbocycles. The Morgan fingerprint density at radius 3 is 2.72 bits per heavy atom. The second-order valence-electron chi connectivity index (χ2n) is 7.70. The first-order chi connectivity index (χ1) is 15.5. The third kappa shape index (κ3) is 4.47. The van der Waals surface area contributed by atoms with Crippen molar-refractivity contribution in [2.75, 3.05) is 32.1 Å². The lowest BCUT2D eigenvalue weighted by molar-refractivity contribution is -0.123. The van der Waals surface area contributed by atoms with Crippen molar-refractivity contribution in [2.45, 2.75) is 13.0 Å². The van der Waals surface area contributed by atoms with Gasteiger partial charge in [0.15, 0.2) is 0 Å². The van der Waals surface area contributed by atoms with Crippen molar-refractivity contribution in [3.63, 3.8) is 0 Å². The van der Waals surface area contributed by atoms with Crippen molar-refractivity contribution >= 4 is 34.4 Å². The van der Waals surface area contributed by atoms with Gasteiger partial charge in [0.1, 0.15) is 12.4 Å². The summed E-state index contributed by atoms with van der Waals surface area (Å²) in [5.41, 5.74) is 2.95. The molecule has 0 radical (unpaired) electrons. The number of nitrogens with zero attached hydrogens (tertiary/aromatic N) is 3. The molecule has 0 atom stereocenters. The summed E-state index contributed by atoms with van der Waals surface area (Å²) in [6.07, 6.45) is 0.214. The van der Waals surface area contributed by atoms with Crippen LogP contribution in [-0.2, 0) is 34.4 Å². The molecule has 166 valence electrons. The number of fused-ring (bicyclic) bond motifs is 1. The number of hydrogen-bond acceptors (Lipinski definition) is 5. The zero-order chi connectivity index (χ0) is 22.7. The zero-order valence-corrected chi connectivity index (χ0v) is 18.1. The van der Waals surface area contributed by atoms with E-state index in [1.54, 1.807) is 19.2 Å². The van der Waals surface area contributed by atoms with Crippen LogP contribution < -0.4 is 10.6 Å². The molecule has 0 aliphatic carbocycles. The third-order valence-electron chi connectivity index (χ3n) is 5.38. The van der Waals surface area contributed by atoms with Gasteiger partial charge < -0.3 is 24.8 Å². The minimum absolute atomic E-state index is 0.00625. The topological polar surface area (TPSA) is 106 Å². The number of aromatic nitrogens is 2. The summed E-state index contributed by atoms with van der Waals surface area (Å²) in [7, 11) is 3.39. The summed E-state index contributed by atoms with van der Waals surface area (Å²) >= 11 is 0. The molecular formula is C23H25N5O4. The lowest BCUT2D eigenvalue weighted by atomic mass is 10.1. The van der Waals surface area contributed by atoms with Gasteiger partial charge in [0.2, 0.25) is 11.8 Å². The number of nitrogens with one attached hydrogen (secondary N) is 2. The molecule has 9 nitrogen and oxygen atoms in total. The lowest BCUT2D eigenvalue weighted by Crippen LogP contribution is -2.50. The monoisotopic (exact) mass is 435 g/mol. The molecule has 2 N–H and O–H groups in total. The number of rotatable bonds is 6. The van der Waals surface area contributed by atoms with Crippen molar-refractivity contribution < 1.29 is 19.1 Å². The maximum Gasteiger partial charge on any atom is 0.256 e. The van der Waals surface area contributed by atoms with E-state index in [-0.39, 0.29) is 37.3 Å². The van der Waals surface area contributed by atoms with Gasteiger partial charge in [-0.15, -0.1) is 0 Å². The highest BCUT2D eigenvalue weighted by Gasteiger charge is 2.26. The predicted octanol–water partition coefficient (Wildman–Crippen LogP) is 1.47. The van der Waals surface area contributed by atoms with E-state index in [9.17, 15) is 14.4 Å². The fourth-order valence-electron chi connectivity index (χ4n) is 3.86. The number of carbonyl (C=O) groups is 3. The van der Waals surface area contributed by atoms with Gasteiger partial charge in [-0.25, -0.2) is 4.98 Å². The molecule has 1 aromatic heterocycles. The van der Waals surface area contributed by atoms with E-state index in [1.165, 1.54) is 4.90 Å². The Kier molecular flexibility index (Phi) is 6.18. The summed E-state index contributed by atoms with van der Waals surface area (Å²) in [6, 6.07) is 12.8. The smallest absolute Gasteiger partial charge is 0.256 e. The number of amides is 3. The van der Waals surface area contributed by atoms with Crippen LogP contribution in [0.25, 0.3) is 11.0 Å². The first kappa shape index (κ1) is 21.5. The fourth-order valence-corrected chi connectivity index (χ4v) is 3.86. The molecule has 1 aliphatic rings. The number of ether oxygens (including phenoxy) is 1. The van der Waals surface area contributed by atoms with Gasteiger partial charge in [-0.2, -0.15) is 0 Å². The van der Waals surface area contributed by atoms with E-state index in [0.29, 0.717) is 41.2 Å². The third-order valence-corrected chi connectivity index (χ3v) is 5.38. The molecule has 9 heteroatoms. The summed E-state index contributed by atoms with van der Waals surface area (Å²) < 4.78 is 7.04. The van der Waals surface area contributed by atoms with Gasteiger partial charge in [-0.3, -0.25) is 14.4 Å². The van der Waals surface area contributed by atoms with Crippen molar-refractivity contribution in [3.8, 4) is 0 Å². The highest BCUT2D eigenvalue weighted by molar-refractivity contribution is 6.08. The molecule has 1 aliphatic heterocycles. The van der Waals surface area contributed by atoms with Crippen LogP contribution in [0.1, 0.15) is 21.7 Å². The van der Waals surface area contributed by atoms with Gasteiger partial charge in [0.05, 0.1) is 29.6 Å². The van der Waals surface area contributed by atoms with Crippen LogP contribution in [0.4, 0.5) is 5.69 Å². The molecule has 2 heterocycles. The van der Waals surface area contributed by atoms with E-state index < -0.39 is 0 Å². The average Bonchev–Trinajstić information content (AvgIpc) is 3.09. The number of hydrogen-bond donors (Lipinski definition) is 2. The second-order valence-corrected chi connectivity index (χ2v) is 7.70. The molecule has 4 rings (SSSR count). The van der Waals surface area contributed by atoms with Crippen LogP contribution in [0.15, 0.2) is 42.5 Å². The molecule has 0 unspecified atom stereocenters. The number of carbonyl (C=O) groups excluding carboxylic acids is 3. The Balaban J connectivity index is 1.70. The minimum Gasteiger partial charge on any atom is -0.377 e. The summed E-state index contributed by atoms with van der Waals surface area (Å²) in [6.45, 7) is 1.09. The second kappa shape index (κ2) is 9.19. The van der Waals surface area contributed by atoms with E-state index in [4.69, 9.17) is 4.74 Å². The lowest BCUT2D eigenvalue weighted by Gasteiger charge is -2.27. The molecule has 32 heavy (non-hydrogen) atoms. The average molecular weight is 435 g/mol. The van der Waals surface area contributed by atoms with Crippen molar-refractivity contribution in [3.05, 3.63) is 59.4 Å². The van der Waals surface area contributed by atoms with Crippen LogP contribution in [0.5, 0.6) is 0 Å². The number of imidazole rings is 1. The Hall–Kier alpha value is -3.72. The van der Waals surface area contributed by atoms with Gasteiger partial charge in [0.25, 0.3) is 5.91 Å². The predicted molar refractivity (Wildman–Crippen MR) is 119 cm³/mol. The molecule has 0 bridgehead atoms. The van der Waals surface area contributed by atoms with Gasteiger partial charge >= 0.3 is 0 Å². The minimum atomic E-state index is -0.282. The molecule has 0 spiro atoms. The first-order valence-electron chi connectivity index (χ1n) is 10.3. The molecule has 0 saturated carbocycles. The SMILES string of the molecule is COCc1nc2cc(NC(=O)Cc3ccccc3)cc(C(=O)N3CCNC(=O)C3)c2n1C. The maximum absolute atomic E-state index is 13.4. The number of aryl methyl sites for hydroxylation is 1. The Labute approximate surface area is 185 Å². The van der Waals surface area contributed by atoms with Gasteiger partial charge in [-0.05, 0) is 17.7 Å². The standard InChI is InChI=1S/C23H25N5O4/c1-27-19(14-32-2)26-18-12-16(25-20(29)10-15-6-4-3-5-7-15)11-17(22(18)27)23(31)28-9-8-24-21(30)13-28/h3-7,11-12H,8-10,13-14H2,1-2H3,(H,24,30)(H,25,29). The van der Waals surface area contributed by atoms with Crippen LogP contribution in [-0.4, -0.2) is 58.9 Å². The van der Waals surface area contributed by atoms with Crippen LogP contribution in [0.2, 0.25) is 0 Å². The quantitative estimate of drug-likeness (QED) is 0.610. The molecule has 3 amide bonds. The largest absolute Gasteiger partial charge is 0.377 e. The Morgan fingerprint density at radius 2 is 2.00 bits per heavy atom. The summed E-state index contributed by atoms with van der Waals surface area (Å²) in [4.78, 5) is 43.9. The molecular weight excluding hydrogens is 410 g/mol. The van der Waals surface area contributed by atoms with E-state index in [2.05, 4.69) is 15.6 Å². The van der Waals surface area contributed by atoms with Crippen molar-refractivity contribution in [1.82, 2.24) is 19.8 Å². The first-order valence-corrected chi connectivity index (χ1v) is 10.3. The van der Waals surface area contributed by atoms with E-state index in [0.717, 1.165) is 5.56 Å². The summed E-state index contributed by atoms with van der Waals surface area (Å²) in [5.74, 6) is -0.0192. The van der Waals surface area contributed by atoms with E-state index >= 15 is 0 Å². The molecule has 1 fully saturated rings. The number of piperazine rings is 1. The normalized spacial score (nSPS) is 13.8. The highest BCUT2D eigenvalue weighted by atomic mass is 16.5. The molecule has 1 saturated heterocycles. The fraction of sp³-hybridized carbons (Fsp3) is 0.304. The van der Waals surface area contributed by atoms with Gasteiger partial charge in [0, 0.05) is 32.9 Å². The van der Waals surface area contributed by atoms with Crippen LogP contribution in [0, 0.1) is 0 Å². The number of anilines is 1. The zero-order valence-electron chi connectivity index (χ0n) is 18.1.